The summed E-state index contributed by atoms with van der Waals surface area (Å²) >= 11 is 8.31. The van der Waals surface area contributed by atoms with Gasteiger partial charge in [0.2, 0.25) is 0 Å². The number of aryl methyl sites for hydroxylation is 1. The Kier molecular flexibility index (Phi) is 4.87. The SMILES string of the molecule is Cc1ccccc1SC(c1ccccc1)c1ccccc1Cl. The van der Waals surface area contributed by atoms with E-state index in [4.69, 9.17) is 11.6 Å². The second-order valence-corrected chi connectivity index (χ2v) is 6.75. The minimum atomic E-state index is 0.191. The molecule has 3 aromatic carbocycles. The van der Waals surface area contributed by atoms with Gasteiger partial charge < -0.3 is 0 Å². The average molecular weight is 325 g/mol. The molecule has 2 heteroatoms. The van der Waals surface area contributed by atoms with Gasteiger partial charge >= 0.3 is 0 Å². The third kappa shape index (κ3) is 3.37. The fourth-order valence-electron chi connectivity index (χ4n) is 2.44. The molecule has 0 aliphatic rings. The van der Waals surface area contributed by atoms with Crippen molar-refractivity contribution in [3.63, 3.8) is 0 Å². The van der Waals surface area contributed by atoms with Gasteiger partial charge in [-0.3, -0.25) is 0 Å². The Morgan fingerprint density at radius 1 is 0.773 bits per heavy atom. The molecule has 3 aromatic rings. The zero-order chi connectivity index (χ0) is 15.4. The van der Waals surface area contributed by atoms with E-state index in [0.717, 1.165) is 10.6 Å². The summed E-state index contributed by atoms with van der Waals surface area (Å²) in [5.41, 5.74) is 3.72. The Morgan fingerprint density at radius 3 is 2.14 bits per heavy atom. The van der Waals surface area contributed by atoms with Crippen LogP contribution < -0.4 is 0 Å². The van der Waals surface area contributed by atoms with Crippen LogP contribution in [0, 0.1) is 6.92 Å². The van der Waals surface area contributed by atoms with Crippen molar-refractivity contribution in [2.45, 2.75) is 17.1 Å². The minimum absolute atomic E-state index is 0.191. The molecule has 0 nitrogen and oxygen atoms in total. The summed E-state index contributed by atoms with van der Waals surface area (Å²) in [5.74, 6) is 0. The smallest absolute Gasteiger partial charge is 0.0608 e. The zero-order valence-electron chi connectivity index (χ0n) is 12.4. The second kappa shape index (κ2) is 7.04. The molecule has 0 bridgehead atoms. The van der Waals surface area contributed by atoms with Gasteiger partial charge in [-0.15, -0.1) is 11.8 Å². The highest BCUT2D eigenvalue weighted by Crippen LogP contribution is 2.43. The van der Waals surface area contributed by atoms with E-state index in [1.54, 1.807) is 0 Å². The maximum atomic E-state index is 6.46. The summed E-state index contributed by atoms with van der Waals surface area (Å²) in [7, 11) is 0. The number of halogens is 1. The van der Waals surface area contributed by atoms with Crippen molar-refractivity contribution in [2.75, 3.05) is 0 Å². The van der Waals surface area contributed by atoms with Crippen LogP contribution in [-0.2, 0) is 0 Å². The van der Waals surface area contributed by atoms with Crippen LogP contribution >= 0.6 is 23.4 Å². The van der Waals surface area contributed by atoms with Crippen molar-refractivity contribution in [2.24, 2.45) is 0 Å². The molecule has 0 radical (unpaired) electrons. The van der Waals surface area contributed by atoms with Crippen molar-refractivity contribution >= 4 is 23.4 Å². The van der Waals surface area contributed by atoms with Gasteiger partial charge in [-0.1, -0.05) is 78.3 Å². The Hall–Kier alpha value is -1.70. The molecule has 0 saturated carbocycles. The van der Waals surface area contributed by atoms with Gasteiger partial charge in [0.15, 0.2) is 0 Å². The Balaban J connectivity index is 2.05. The molecule has 0 fully saturated rings. The molecule has 0 spiro atoms. The van der Waals surface area contributed by atoms with Crippen molar-refractivity contribution in [1.29, 1.82) is 0 Å². The number of hydrogen-bond donors (Lipinski definition) is 0. The van der Waals surface area contributed by atoms with E-state index in [9.17, 15) is 0 Å². The molecule has 0 aromatic heterocycles. The highest BCUT2D eigenvalue weighted by Gasteiger charge is 2.18. The van der Waals surface area contributed by atoms with Gasteiger partial charge in [0.05, 0.1) is 5.25 Å². The largest absolute Gasteiger partial charge is 0.113 e. The quantitative estimate of drug-likeness (QED) is 0.491. The first kappa shape index (κ1) is 15.2. The highest BCUT2D eigenvalue weighted by molar-refractivity contribution is 7.99. The van der Waals surface area contributed by atoms with Gasteiger partial charge in [-0.25, -0.2) is 0 Å². The van der Waals surface area contributed by atoms with Crippen molar-refractivity contribution in [3.05, 3.63) is 101 Å². The van der Waals surface area contributed by atoms with E-state index < -0.39 is 0 Å². The van der Waals surface area contributed by atoms with E-state index in [1.807, 2.05) is 30.0 Å². The molecular weight excluding hydrogens is 308 g/mol. The number of rotatable bonds is 4. The topological polar surface area (TPSA) is 0 Å². The molecule has 1 unspecified atom stereocenters. The van der Waals surface area contributed by atoms with Gasteiger partial charge in [0.1, 0.15) is 0 Å². The van der Waals surface area contributed by atoms with Crippen molar-refractivity contribution in [3.8, 4) is 0 Å². The molecule has 0 saturated heterocycles. The van der Waals surface area contributed by atoms with Crippen LogP contribution in [0.4, 0.5) is 0 Å². The summed E-state index contributed by atoms with van der Waals surface area (Å²) in [4.78, 5) is 1.29. The van der Waals surface area contributed by atoms with Gasteiger partial charge in [0, 0.05) is 9.92 Å². The molecule has 22 heavy (non-hydrogen) atoms. The van der Waals surface area contributed by atoms with Crippen molar-refractivity contribution in [1.82, 2.24) is 0 Å². The van der Waals surface area contributed by atoms with E-state index in [0.29, 0.717) is 0 Å². The Bertz CT molecular complexity index is 752. The lowest BCUT2D eigenvalue weighted by Crippen LogP contribution is -1.98. The standard InChI is InChI=1S/C20H17ClS/c1-15-9-5-8-14-19(15)22-20(16-10-3-2-4-11-16)17-12-6-7-13-18(17)21/h2-14,20H,1H3. The third-order valence-electron chi connectivity index (χ3n) is 3.63. The summed E-state index contributed by atoms with van der Waals surface area (Å²) in [6, 6.07) is 27.1. The first-order chi connectivity index (χ1) is 10.8. The Morgan fingerprint density at radius 2 is 1.41 bits per heavy atom. The van der Waals surface area contributed by atoms with Crippen LogP contribution in [0.15, 0.2) is 83.8 Å². The summed E-state index contributed by atoms with van der Waals surface area (Å²) in [5, 5.41) is 1.01. The number of thioether (sulfide) groups is 1. The molecule has 3 rings (SSSR count). The van der Waals surface area contributed by atoms with E-state index in [-0.39, 0.29) is 5.25 Å². The molecule has 0 heterocycles. The predicted octanol–water partition coefficient (Wildman–Crippen LogP) is 6.53. The zero-order valence-corrected chi connectivity index (χ0v) is 13.9. The number of benzene rings is 3. The monoisotopic (exact) mass is 324 g/mol. The fraction of sp³-hybridized carbons (Fsp3) is 0.100. The second-order valence-electron chi connectivity index (χ2n) is 5.20. The predicted molar refractivity (Wildman–Crippen MR) is 96.8 cm³/mol. The number of hydrogen-bond acceptors (Lipinski definition) is 1. The molecular formula is C20H17ClS. The first-order valence-electron chi connectivity index (χ1n) is 7.27. The summed E-state index contributed by atoms with van der Waals surface area (Å²) in [6.07, 6.45) is 0. The van der Waals surface area contributed by atoms with Crippen LogP contribution in [0.5, 0.6) is 0 Å². The van der Waals surface area contributed by atoms with Crippen LogP contribution in [0.3, 0.4) is 0 Å². The molecule has 0 aliphatic heterocycles. The van der Waals surface area contributed by atoms with Crippen LogP contribution in [0.2, 0.25) is 5.02 Å². The van der Waals surface area contributed by atoms with Crippen LogP contribution in [0.1, 0.15) is 21.9 Å². The normalized spacial score (nSPS) is 12.1. The van der Waals surface area contributed by atoms with Crippen molar-refractivity contribution < 1.29 is 0 Å². The molecule has 0 aliphatic carbocycles. The maximum Gasteiger partial charge on any atom is 0.0608 e. The van der Waals surface area contributed by atoms with Gasteiger partial charge in [0.25, 0.3) is 0 Å². The minimum Gasteiger partial charge on any atom is -0.113 e. The lowest BCUT2D eigenvalue weighted by molar-refractivity contribution is 1.14. The van der Waals surface area contributed by atoms with E-state index in [2.05, 4.69) is 67.6 Å². The van der Waals surface area contributed by atoms with Gasteiger partial charge in [-0.2, -0.15) is 0 Å². The Labute approximate surface area is 141 Å². The summed E-state index contributed by atoms with van der Waals surface area (Å²) in [6.45, 7) is 2.15. The highest BCUT2D eigenvalue weighted by atomic mass is 35.5. The first-order valence-corrected chi connectivity index (χ1v) is 8.53. The molecule has 0 amide bonds. The van der Waals surface area contributed by atoms with Crippen LogP contribution in [0.25, 0.3) is 0 Å². The van der Waals surface area contributed by atoms with Crippen LogP contribution in [-0.4, -0.2) is 0 Å². The third-order valence-corrected chi connectivity index (χ3v) is 5.45. The van der Waals surface area contributed by atoms with E-state index >= 15 is 0 Å². The molecule has 110 valence electrons. The average Bonchev–Trinajstić information content (AvgIpc) is 2.56. The summed E-state index contributed by atoms with van der Waals surface area (Å²) < 4.78 is 0. The maximum absolute atomic E-state index is 6.46. The fourth-order valence-corrected chi connectivity index (χ4v) is 4.04. The molecule has 0 N–H and O–H groups in total. The van der Waals surface area contributed by atoms with Gasteiger partial charge in [-0.05, 0) is 35.7 Å². The molecule has 1 atom stereocenters. The van der Waals surface area contributed by atoms with E-state index in [1.165, 1.54) is 16.0 Å². The lowest BCUT2D eigenvalue weighted by atomic mass is 10.0. The lowest BCUT2D eigenvalue weighted by Gasteiger charge is -2.20.